The topological polar surface area (TPSA) is 244 Å². The molecule has 2 aliphatic rings. The molecule has 10 rings (SSSR count). The largest absolute Gasteiger partial charge is 0.493 e. The van der Waals surface area contributed by atoms with E-state index in [0.29, 0.717) is 30.3 Å². The second kappa shape index (κ2) is 24.6. The summed E-state index contributed by atoms with van der Waals surface area (Å²) < 4.78 is 17.2. The van der Waals surface area contributed by atoms with Crippen LogP contribution >= 0.6 is 9.90 Å². The first-order chi connectivity index (χ1) is 36.0. The first-order valence-corrected chi connectivity index (χ1v) is 24.7. The normalized spacial score (nSPS) is 12.0. The summed E-state index contributed by atoms with van der Waals surface area (Å²) in [7, 11) is 0. The van der Waals surface area contributed by atoms with E-state index in [9.17, 15) is 24.4 Å². The first-order valence-electron chi connectivity index (χ1n) is 24.7. The Bertz CT molecular complexity index is 3770. The maximum absolute atomic E-state index is 13.7. The Labute approximate surface area is 471 Å². The first kappa shape index (κ1) is 57.2. The van der Waals surface area contributed by atoms with Crippen molar-refractivity contribution in [3.8, 4) is 11.5 Å². The van der Waals surface area contributed by atoms with Crippen LogP contribution in [-0.2, 0) is 52.1 Å². The Morgan fingerprint density at radius 1 is 0.571 bits per heavy atom. The van der Waals surface area contributed by atoms with Crippen molar-refractivity contribution in [2.24, 2.45) is 0 Å². The van der Waals surface area contributed by atoms with E-state index in [1.807, 2.05) is 126 Å². The van der Waals surface area contributed by atoms with Gasteiger partial charge in [0.1, 0.15) is 17.3 Å². The Morgan fingerprint density at radius 3 is 1.44 bits per heavy atom. The fourth-order valence-electron chi connectivity index (χ4n) is 9.31. The average molecular weight is 1290 g/mol. The van der Waals surface area contributed by atoms with Crippen molar-refractivity contribution in [3.05, 3.63) is 223 Å². The van der Waals surface area contributed by atoms with Gasteiger partial charge in [0.2, 0.25) is 11.9 Å². The molecule has 0 aliphatic carbocycles. The minimum Gasteiger partial charge on any atom is -0.493 e. The van der Waals surface area contributed by atoms with Gasteiger partial charge in [0, 0.05) is 73.9 Å². The number of rotatable bonds is 14. The van der Waals surface area contributed by atoms with E-state index in [1.54, 1.807) is 13.0 Å². The molecule has 0 saturated carbocycles. The quantitative estimate of drug-likeness (QED) is 0.0668. The number of ether oxygens (including phenoxy) is 2. The van der Waals surface area contributed by atoms with Crippen LogP contribution in [0.4, 0.5) is 17.7 Å². The molecule has 21 heteroatoms. The van der Waals surface area contributed by atoms with Gasteiger partial charge in [-0.3, -0.25) is 14.5 Å². The number of benzene rings is 4. The molecule has 0 fully saturated rings. The number of aryl methyl sites for hydroxylation is 6. The number of pyridine rings is 2. The summed E-state index contributed by atoms with van der Waals surface area (Å²) in [5.74, 6) is 2.38. The number of hydrogen-bond donors (Lipinski definition) is 5. The third kappa shape index (κ3) is 13.0. The second-order valence-corrected chi connectivity index (χ2v) is 19.2. The van der Waals surface area contributed by atoms with Crippen molar-refractivity contribution in [1.29, 1.82) is 5.41 Å². The van der Waals surface area contributed by atoms with Crippen molar-refractivity contribution < 1.29 is 45.8 Å². The third-order valence-electron chi connectivity index (χ3n) is 13.5. The van der Waals surface area contributed by atoms with Gasteiger partial charge in [-0.2, -0.15) is 24.6 Å². The average Bonchev–Trinajstić information content (AvgIpc) is 4.06. The number of nitrogens with two attached hydrogens (primary N) is 1. The van der Waals surface area contributed by atoms with Crippen LogP contribution in [0.5, 0.6) is 11.5 Å². The van der Waals surface area contributed by atoms with E-state index in [4.69, 9.17) is 20.6 Å². The molecule has 398 valence electrons. The zero-order chi connectivity index (χ0) is 53.1. The molecule has 0 spiro atoms. The van der Waals surface area contributed by atoms with E-state index in [2.05, 4.69) is 25.6 Å². The number of fused-ring (bicyclic) bond motifs is 2. The van der Waals surface area contributed by atoms with Crippen LogP contribution in [0.2, 0.25) is 0 Å². The summed E-state index contributed by atoms with van der Waals surface area (Å²) in [4.78, 5) is 66.4. The van der Waals surface area contributed by atoms with Crippen LogP contribution in [0.15, 0.2) is 116 Å². The van der Waals surface area contributed by atoms with Crippen LogP contribution in [0.25, 0.3) is 0 Å². The van der Waals surface area contributed by atoms with Gasteiger partial charge < -0.3 is 31.0 Å². The Balaban J connectivity index is 0.000000218. The van der Waals surface area contributed by atoms with Crippen molar-refractivity contribution in [2.45, 2.75) is 93.7 Å². The van der Waals surface area contributed by atoms with Crippen molar-refractivity contribution >= 4 is 27.6 Å². The summed E-state index contributed by atoms with van der Waals surface area (Å²) in [6.45, 7) is 13.7. The Morgan fingerprint density at radius 2 is 0.987 bits per heavy atom. The molecular formula is C56H63N12O7PU. The predicted octanol–water partition coefficient (Wildman–Crippen LogP) is 5.50. The summed E-state index contributed by atoms with van der Waals surface area (Å²) in [5, 5.41) is 24.7. The molecule has 1 unspecified atom stereocenters. The van der Waals surface area contributed by atoms with Gasteiger partial charge in [0.05, 0.1) is 45.1 Å². The molecule has 8 aromatic rings. The van der Waals surface area contributed by atoms with Crippen LogP contribution < -0.4 is 54.1 Å². The van der Waals surface area contributed by atoms with E-state index in [-0.39, 0.29) is 97.7 Å². The minimum absolute atomic E-state index is 0. The molecule has 0 amide bonds. The van der Waals surface area contributed by atoms with Gasteiger partial charge >= 0.3 is 22.8 Å². The Hall–Kier alpha value is -7.52. The van der Waals surface area contributed by atoms with Gasteiger partial charge in [-0.25, -0.2) is 33.3 Å². The molecule has 2 aliphatic heterocycles. The van der Waals surface area contributed by atoms with Gasteiger partial charge in [0.15, 0.2) is 5.49 Å². The molecule has 6 heterocycles. The second-order valence-electron chi connectivity index (χ2n) is 19.2. The van der Waals surface area contributed by atoms with Crippen LogP contribution in [0.3, 0.4) is 0 Å². The number of nitrogen functional groups attached to an aromatic ring is 1. The summed E-state index contributed by atoms with van der Waals surface area (Å²) in [6.07, 6.45) is 1.61. The van der Waals surface area contributed by atoms with E-state index in [1.165, 1.54) is 13.7 Å². The summed E-state index contributed by atoms with van der Waals surface area (Å²) in [6, 6.07) is 30.9. The number of hydrogen-bond acceptors (Lipinski definition) is 14. The molecule has 1 atom stereocenters. The van der Waals surface area contributed by atoms with Gasteiger partial charge in [0.25, 0.3) is 0 Å². The van der Waals surface area contributed by atoms with E-state index < -0.39 is 22.8 Å². The van der Waals surface area contributed by atoms with E-state index in [0.717, 1.165) is 101 Å². The van der Waals surface area contributed by atoms with Crippen molar-refractivity contribution in [3.63, 3.8) is 0 Å². The molecule has 4 aromatic heterocycles. The van der Waals surface area contributed by atoms with Crippen LogP contribution in [0, 0.1) is 78.1 Å². The number of anilines is 3. The fourth-order valence-corrected chi connectivity index (χ4v) is 9.31. The summed E-state index contributed by atoms with van der Waals surface area (Å²) >= 11 is 0. The molecule has 4 aromatic carbocycles. The molecule has 0 bridgehead atoms. The number of nitrogens with one attached hydrogen (secondary N) is 3. The molecular weight excluding hydrogens is 1220 g/mol. The van der Waals surface area contributed by atoms with Gasteiger partial charge in [-0.15, -0.1) is 0 Å². The SMILES string of the molecule is Cc1ccc(Cn2c(NCc3c(C)cc(C)n(O)c3=N)nc(=O)n(Cc3ccc4c(c3)CCO4)c2=O)cc1.Cc1ccc(Cn2c(NCc3c(C)cc(C)nc3N)nc(=O)n(Cc3ccc4c(c3)CCO4)c2=O)cc1.P.[U]. The predicted molar refractivity (Wildman–Crippen MR) is 296 cm³/mol. The molecule has 6 N–H and O–H groups in total. The monoisotopic (exact) mass is 1280 g/mol. The molecule has 77 heavy (non-hydrogen) atoms. The molecule has 0 saturated heterocycles. The van der Waals surface area contributed by atoms with Crippen molar-refractivity contribution in [2.75, 3.05) is 29.6 Å². The minimum atomic E-state index is -0.668. The molecule has 0 radical (unpaired) electrons. The zero-order valence-electron chi connectivity index (χ0n) is 44.1. The molecule has 19 nitrogen and oxygen atoms in total. The number of nitrogens with zero attached hydrogens (tertiary/aromatic N) is 8. The van der Waals surface area contributed by atoms with Gasteiger partial charge in [-0.05, 0) is 110 Å². The summed E-state index contributed by atoms with van der Waals surface area (Å²) in [5.41, 5.74) is 16.1. The maximum Gasteiger partial charge on any atom is 0.355 e. The van der Waals surface area contributed by atoms with Crippen LogP contribution in [-0.4, -0.2) is 56.4 Å². The van der Waals surface area contributed by atoms with E-state index >= 15 is 0 Å². The fraction of sp³-hybridized carbons (Fsp3) is 0.286. The van der Waals surface area contributed by atoms with Crippen molar-refractivity contribution in [1.82, 2.24) is 38.0 Å². The standard InChI is InChI=1S/C28H30N6O4.C28H30N6O3.H3P.U/c1-17-4-6-20(7-5-17)15-32-26(30-14-23-18(2)12-19(3)34(37)25(23)29)31-27(35)33(28(32)36)16-21-8-9-24-22(13-21)10-11-38-24;1-17-4-6-20(7-5-17)15-33-26(30-14-23-18(2)12-19(3)31-25(23)29)32-27(35)34(28(33)36)16-21-8-9-24-22(13-21)10-11-37-24;;/h4-9,12-13,29,37H,10-11,14-16H2,1-3H3,(H,30,31,35);4-9,12-13H,10-11,14-16H2,1-3H3,(H2,29,31)(H,30,32,35);1H3;. The third-order valence-corrected chi connectivity index (χ3v) is 13.5. The van der Waals surface area contributed by atoms with Crippen LogP contribution in [0.1, 0.15) is 78.1 Å². The Kier molecular flexibility index (Phi) is 18.3. The number of aromatic nitrogens is 8. The van der Waals surface area contributed by atoms with Gasteiger partial charge in [-0.1, -0.05) is 83.9 Å². The maximum atomic E-state index is 13.7. The smallest absolute Gasteiger partial charge is 0.355 e. The zero-order valence-corrected chi connectivity index (χ0v) is 49.6.